The normalized spacial score (nSPS) is 22.0. The van der Waals surface area contributed by atoms with Gasteiger partial charge in [0.1, 0.15) is 5.76 Å². The molecule has 0 N–H and O–H groups in total. The molecule has 0 unspecified atom stereocenters. The van der Waals surface area contributed by atoms with E-state index in [0.717, 1.165) is 44.7 Å². The maximum absolute atomic E-state index is 12.4. The van der Waals surface area contributed by atoms with E-state index < -0.39 is 0 Å². The lowest BCUT2D eigenvalue weighted by Gasteiger charge is -2.47. The van der Waals surface area contributed by atoms with Crippen LogP contribution >= 0.6 is 11.8 Å². The largest absolute Gasteiger partial charge is 0.467 e. The smallest absolute Gasteiger partial charge is 0.235 e. The molecule has 24 heavy (non-hydrogen) atoms. The number of carbonyl (C=O) groups excluding carboxylic acids is 2. The highest BCUT2D eigenvalue weighted by atomic mass is 32.2. The number of rotatable bonds is 4. The summed E-state index contributed by atoms with van der Waals surface area (Å²) >= 11 is 1.60. The van der Waals surface area contributed by atoms with Crippen molar-refractivity contribution in [3.05, 3.63) is 24.2 Å². The Morgan fingerprint density at radius 2 is 2.12 bits per heavy atom. The molecule has 3 heterocycles. The molecule has 132 valence electrons. The van der Waals surface area contributed by atoms with E-state index in [1.54, 1.807) is 18.0 Å². The standard InChI is InChI=1S/C18H26N2O3S/c1-14(24-2)17(22)19-9-7-18(8-10-19)6-5-16(21)20(13-18)12-15-4-3-11-23-15/h3-4,11,14H,5-10,12-13H2,1-2H3/t14-/m0/s1. The van der Waals surface area contributed by atoms with Gasteiger partial charge in [-0.25, -0.2) is 0 Å². The highest BCUT2D eigenvalue weighted by molar-refractivity contribution is 7.99. The Morgan fingerprint density at radius 1 is 1.38 bits per heavy atom. The molecule has 3 rings (SSSR count). The van der Waals surface area contributed by atoms with E-state index in [-0.39, 0.29) is 22.5 Å². The monoisotopic (exact) mass is 350 g/mol. The molecule has 2 fully saturated rings. The third-order valence-corrected chi connectivity index (χ3v) is 6.42. The second kappa shape index (κ2) is 7.21. The summed E-state index contributed by atoms with van der Waals surface area (Å²) in [6.07, 6.45) is 7.16. The van der Waals surface area contributed by atoms with E-state index >= 15 is 0 Å². The van der Waals surface area contributed by atoms with Crippen LogP contribution in [0.4, 0.5) is 0 Å². The highest BCUT2D eigenvalue weighted by Crippen LogP contribution is 2.40. The van der Waals surface area contributed by atoms with E-state index in [0.29, 0.717) is 13.0 Å². The van der Waals surface area contributed by atoms with E-state index in [4.69, 9.17) is 4.42 Å². The van der Waals surface area contributed by atoms with Gasteiger partial charge in [0, 0.05) is 26.1 Å². The molecule has 2 aliphatic heterocycles. The highest BCUT2D eigenvalue weighted by Gasteiger charge is 2.42. The van der Waals surface area contributed by atoms with E-state index in [2.05, 4.69) is 0 Å². The maximum atomic E-state index is 12.4. The van der Waals surface area contributed by atoms with Crippen LogP contribution in [0.1, 0.15) is 38.4 Å². The summed E-state index contributed by atoms with van der Waals surface area (Å²) in [5, 5.41) is 0.0300. The molecule has 6 heteroatoms. The van der Waals surface area contributed by atoms with Crippen molar-refractivity contribution in [3.63, 3.8) is 0 Å². The van der Waals surface area contributed by atoms with Gasteiger partial charge in [-0.15, -0.1) is 0 Å². The average Bonchev–Trinajstić information content (AvgIpc) is 3.11. The van der Waals surface area contributed by atoms with Crippen LogP contribution in [-0.2, 0) is 16.1 Å². The number of hydrogen-bond acceptors (Lipinski definition) is 4. The molecule has 1 atom stereocenters. The van der Waals surface area contributed by atoms with Gasteiger partial charge in [0.05, 0.1) is 18.1 Å². The van der Waals surface area contributed by atoms with Crippen LogP contribution < -0.4 is 0 Å². The molecule has 0 bridgehead atoms. The Bertz CT molecular complexity index is 579. The lowest BCUT2D eigenvalue weighted by atomic mass is 9.72. The first-order chi connectivity index (χ1) is 11.5. The Morgan fingerprint density at radius 3 is 2.75 bits per heavy atom. The molecule has 0 aliphatic carbocycles. The lowest BCUT2D eigenvalue weighted by Crippen LogP contribution is -2.52. The maximum Gasteiger partial charge on any atom is 0.235 e. The van der Waals surface area contributed by atoms with Gasteiger partial charge in [0.2, 0.25) is 11.8 Å². The number of piperidine rings is 2. The van der Waals surface area contributed by atoms with Gasteiger partial charge >= 0.3 is 0 Å². The van der Waals surface area contributed by atoms with E-state index in [1.807, 2.05) is 35.1 Å². The summed E-state index contributed by atoms with van der Waals surface area (Å²) in [5.74, 6) is 1.30. The van der Waals surface area contributed by atoms with Crippen molar-refractivity contribution >= 4 is 23.6 Å². The fourth-order valence-electron chi connectivity index (χ4n) is 3.80. The minimum absolute atomic E-state index is 0.0300. The Hall–Kier alpha value is -1.43. The number of hydrogen-bond donors (Lipinski definition) is 0. The molecule has 1 aromatic rings. The average molecular weight is 350 g/mol. The summed E-state index contributed by atoms with van der Waals surface area (Å²) < 4.78 is 5.40. The molecule has 1 spiro atoms. The van der Waals surface area contributed by atoms with E-state index in [1.165, 1.54) is 0 Å². The first kappa shape index (κ1) is 17.4. The molecule has 0 aromatic carbocycles. The van der Waals surface area contributed by atoms with Gasteiger partial charge in [-0.3, -0.25) is 9.59 Å². The topological polar surface area (TPSA) is 53.8 Å². The van der Waals surface area contributed by atoms with Gasteiger partial charge in [-0.1, -0.05) is 0 Å². The quantitative estimate of drug-likeness (QED) is 0.838. The fraction of sp³-hybridized carbons (Fsp3) is 0.667. The summed E-state index contributed by atoms with van der Waals surface area (Å²) in [7, 11) is 0. The predicted octanol–water partition coefficient (Wildman–Crippen LogP) is 2.76. The van der Waals surface area contributed by atoms with Crippen LogP contribution in [0.15, 0.2) is 22.8 Å². The molecule has 2 aliphatic rings. The number of amides is 2. The van der Waals surface area contributed by atoms with Crippen molar-refractivity contribution in [2.75, 3.05) is 25.9 Å². The minimum Gasteiger partial charge on any atom is -0.467 e. The van der Waals surface area contributed by atoms with Crippen LogP contribution in [0.5, 0.6) is 0 Å². The Labute approximate surface area is 147 Å². The van der Waals surface area contributed by atoms with Crippen molar-refractivity contribution in [2.45, 2.75) is 44.4 Å². The zero-order valence-electron chi connectivity index (χ0n) is 14.5. The summed E-state index contributed by atoms with van der Waals surface area (Å²) in [6, 6.07) is 3.77. The third kappa shape index (κ3) is 3.63. The van der Waals surface area contributed by atoms with Crippen LogP contribution in [0.3, 0.4) is 0 Å². The molecule has 0 radical (unpaired) electrons. The van der Waals surface area contributed by atoms with Crippen molar-refractivity contribution in [3.8, 4) is 0 Å². The molecule has 2 saturated heterocycles. The van der Waals surface area contributed by atoms with Gasteiger partial charge in [0.25, 0.3) is 0 Å². The SMILES string of the molecule is CS[C@@H](C)C(=O)N1CCC2(CCC(=O)N(Cc3ccco3)C2)CC1. The zero-order valence-corrected chi connectivity index (χ0v) is 15.3. The number of likely N-dealkylation sites (tertiary alicyclic amines) is 2. The Kier molecular flexibility index (Phi) is 5.23. The van der Waals surface area contributed by atoms with Gasteiger partial charge in [-0.05, 0) is 50.0 Å². The van der Waals surface area contributed by atoms with Gasteiger partial charge in [0.15, 0.2) is 0 Å². The van der Waals surface area contributed by atoms with Crippen LogP contribution in [0.25, 0.3) is 0 Å². The summed E-state index contributed by atoms with van der Waals surface area (Å²) in [5.41, 5.74) is 0.167. The van der Waals surface area contributed by atoms with Crippen molar-refractivity contribution in [1.82, 2.24) is 9.80 Å². The summed E-state index contributed by atoms with van der Waals surface area (Å²) in [4.78, 5) is 28.6. The second-order valence-electron chi connectivity index (χ2n) is 7.03. The predicted molar refractivity (Wildman–Crippen MR) is 94.6 cm³/mol. The lowest BCUT2D eigenvalue weighted by molar-refractivity contribution is -0.143. The van der Waals surface area contributed by atoms with Crippen LogP contribution in [0, 0.1) is 5.41 Å². The second-order valence-corrected chi connectivity index (χ2v) is 8.21. The number of furan rings is 1. The van der Waals surface area contributed by atoms with Gasteiger partial charge in [-0.2, -0.15) is 11.8 Å². The molecular formula is C18H26N2O3S. The molecule has 0 saturated carbocycles. The molecule has 1 aromatic heterocycles. The number of thioether (sulfide) groups is 1. The van der Waals surface area contributed by atoms with E-state index in [9.17, 15) is 9.59 Å². The number of carbonyl (C=O) groups is 2. The molecule has 2 amide bonds. The third-order valence-electron chi connectivity index (χ3n) is 5.51. The first-order valence-corrected chi connectivity index (χ1v) is 9.93. The summed E-state index contributed by atoms with van der Waals surface area (Å²) in [6.45, 7) is 4.94. The van der Waals surface area contributed by atoms with Crippen LogP contribution in [0.2, 0.25) is 0 Å². The van der Waals surface area contributed by atoms with Crippen molar-refractivity contribution < 1.29 is 14.0 Å². The Balaban J connectivity index is 1.60. The van der Waals surface area contributed by atoms with Gasteiger partial charge < -0.3 is 14.2 Å². The molecular weight excluding hydrogens is 324 g/mol. The van der Waals surface area contributed by atoms with Crippen LogP contribution in [-0.4, -0.2) is 52.8 Å². The van der Waals surface area contributed by atoms with Crippen molar-refractivity contribution in [1.29, 1.82) is 0 Å². The first-order valence-electron chi connectivity index (χ1n) is 8.65. The fourth-order valence-corrected chi connectivity index (χ4v) is 4.16. The zero-order chi connectivity index (χ0) is 17.2. The van der Waals surface area contributed by atoms with Crippen molar-refractivity contribution in [2.24, 2.45) is 5.41 Å². The minimum atomic E-state index is 0.0300. The number of nitrogens with zero attached hydrogens (tertiary/aromatic N) is 2. The molecule has 5 nitrogen and oxygen atoms in total.